The summed E-state index contributed by atoms with van der Waals surface area (Å²) in [4.78, 5) is 0. The Labute approximate surface area is 188 Å². The SMILES string of the molecule is CO[C@@H]1C=C[C@@H]2[C@]1(C)CC[C@H]1C(C)(C)[C@@H](O[Si](C(C)C)(C(C)C)C(C)C)CC[C@]21C. The van der Waals surface area contributed by atoms with Crippen molar-refractivity contribution in [1.29, 1.82) is 0 Å². The number of hydrogen-bond donors (Lipinski definition) is 0. The van der Waals surface area contributed by atoms with Crippen LogP contribution in [-0.4, -0.2) is 27.6 Å². The van der Waals surface area contributed by atoms with Crippen LogP contribution in [0.25, 0.3) is 0 Å². The van der Waals surface area contributed by atoms with Crippen molar-refractivity contribution in [3.05, 3.63) is 12.2 Å². The first-order valence-electron chi connectivity index (χ1n) is 12.7. The Hall–Kier alpha value is -0.123. The maximum absolute atomic E-state index is 7.45. The number of ether oxygens (including phenoxy) is 1. The van der Waals surface area contributed by atoms with Gasteiger partial charge in [-0.3, -0.25) is 0 Å². The van der Waals surface area contributed by atoms with Crippen molar-refractivity contribution < 1.29 is 9.16 Å². The minimum absolute atomic E-state index is 0.213. The van der Waals surface area contributed by atoms with E-state index in [1.54, 1.807) is 0 Å². The van der Waals surface area contributed by atoms with Gasteiger partial charge in [-0.15, -0.1) is 0 Å². The molecule has 0 aromatic heterocycles. The van der Waals surface area contributed by atoms with Gasteiger partial charge < -0.3 is 9.16 Å². The summed E-state index contributed by atoms with van der Waals surface area (Å²) >= 11 is 0. The summed E-state index contributed by atoms with van der Waals surface area (Å²) in [7, 11) is 0.0118. The van der Waals surface area contributed by atoms with Crippen molar-refractivity contribution in [2.45, 2.75) is 124 Å². The second-order valence-electron chi connectivity index (χ2n) is 12.9. The molecule has 0 saturated heterocycles. The predicted molar refractivity (Wildman–Crippen MR) is 131 cm³/mol. The molecule has 0 amide bonds. The van der Waals surface area contributed by atoms with Gasteiger partial charge in [0, 0.05) is 12.5 Å². The molecule has 0 aromatic carbocycles. The molecule has 0 radical (unpaired) electrons. The molecular formula is C27H50O2Si. The van der Waals surface area contributed by atoms with Gasteiger partial charge in [-0.25, -0.2) is 0 Å². The standard InChI is InChI=1S/C27H50O2Si/c1-18(2)30(19(3)4,20(5)6)29-23-15-17-26(9)21(25(23,7)8)14-16-27(10)22(26)12-13-24(27)28-11/h12-13,18-24H,14-17H2,1-11H3/t21-,22-,23-,24+,26-,27-/m0/s1. The highest BCUT2D eigenvalue weighted by atomic mass is 28.4. The van der Waals surface area contributed by atoms with Crippen LogP contribution in [0.1, 0.15) is 94.9 Å². The van der Waals surface area contributed by atoms with Crippen molar-refractivity contribution in [3.63, 3.8) is 0 Å². The lowest BCUT2D eigenvalue weighted by Gasteiger charge is -2.64. The van der Waals surface area contributed by atoms with Gasteiger partial charge in [0.25, 0.3) is 0 Å². The third kappa shape index (κ3) is 3.32. The Bertz CT molecular complexity index is 629. The summed E-state index contributed by atoms with van der Waals surface area (Å²) in [6, 6.07) is 0. The maximum atomic E-state index is 7.45. The molecule has 174 valence electrons. The first-order chi connectivity index (χ1) is 13.8. The molecule has 0 spiro atoms. The van der Waals surface area contributed by atoms with Crippen LogP contribution < -0.4 is 0 Å². The lowest BCUT2D eigenvalue weighted by molar-refractivity contribution is -0.166. The zero-order valence-electron chi connectivity index (χ0n) is 21.8. The Morgan fingerprint density at radius 2 is 1.33 bits per heavy atom. The molecule has 3 aliphatic rings. The molecule has 0 aromatic rings. The van der Waals surface area contributed by atoms with Crippen molar-refractivity contribution in [1.82, 2.24) is 0 Å². The van der Waals surface area contributed by atoms with Crippen molar-refractivity contribution >= 4 is 8.32 Å². The van der Waals surface area contributed by atoms with Gasteiger partial charge in [0.2, 0.25) is 8.32 Å². The first kappa shape index (κ1) is 24.5. The summed E-state index contributed by atoms with van der Waals surface area (Å²) in [5.41, 5.74) is 2.77. The number of rotatable bonds is 6. The molecule has 0 N–H and O–H groups in total. The van der Waals surface area contributed by atoms with Crippen LogP contribution in [0.4, 0.5) is 0 Å². The van der Waals surface area contributed by atoms with Crippen molar-refractivity contribution in [3.8, 4) is 0 Å². The molecule has 3 aliphatic carbocycles. The predicted octanol–water partition coefficient (Wildman–Crippen LogP) is 7.99. The van der Waals surface area contributed by atoms with Crippen LogP contribution in [0.3, 0.4) is 0 Å². The average Bonchev–Trinajstić information content (AvgIpc) is 2.97. The second kappa shape index (κ2) is 8.03. The summed E-state index contributed by atoms with van der Waals surface area (Å²) in [5, 5.41) is 0. The van der Waals surface area contributed by atoms with E-state index in [1.807, 2.05) is 7.11 Å². The third-order valence-corrected chi connectivity index (χ3v) is 16.4. The highest BCUT2D eigenvalue weighted by molar-refractivity contribution is 6.77. The highest BCUT2D eigenvalue weighted by Gasteiger charge is 2.63. The molecule has 30 heavy (non-hydrogen) atoms. The van der Waals surface area contributed by atoms with E-state index in [0.717, 1.165) is 0 Å². The molecule has 0 aliphatic heterocycles. The smallest absolute Gasteiger partial charge is 0.200 e. The monoisotopic (exact) mass is 434 g/mol. The van der Waals surface area contributed by atoms with Gasteiger partial charge in [0.15, 0.2) is 0 Å². The minimum Gasteiger partial charge on any atom is -0.413 e. The van der Waals surface area contributed by atoms with E-state index >= 15 is 0 Å². The molecule has 6 atom stereocenters. The summed E-state index contributed by atoms with van der Waals surface area (Å²) in [6.07, 6.45) is 10.6. The fraction of sp³-hybridized carbons (Fsp3) is 0.926. The minimum atomic E-state index is -1.88. The van der Waals surface area contributed by atoms with Gasteiger partial charge in [0.1, 0.15) is 0 Å². The molecule has 0 bridgehead atoms. The Kier molecular flexibility index (Phi) is 6.56. The summed E-state index contributed by atoms with van der Waals surface area (Å²) in [5.74, 6) is 1.33. The number of fused-ring (bicyclic) bond motifs is 3. The van der Waals surface area contributed by atoms with E-state index in [0.29, 0.717) is 40.0 Å². The second-order valence-corrected chi connectivity index (χ2v) is 18.3. The fourth-order valence-electron chi connectivity index (χ4n) is 8.90. The van der Waals surface area contributed by atoms with Gasteiger partial charge >= 0.3 is 0 Å². The van der Waals surface area contributed by atoms with E-state index in [2.05, 4.69) is 81.4 Å². The van der Waals surface area contributed by atoms with Crippen LogP contribution in [0.15, 0.2) is 12.2 Å². The number of methoxy groups -OCH3 is 1. The summed E-state index contributed by atoms with van der Waals surface area (Å²) < 4.78 is 13.4. The van der Waals surface area contributed by atoms with Gasteiger partial charge in [-0.1, -0.05) is 81.4 Å². The lowest BCUT2D eigenvalue weighted by atomic mass is 9.43. The topological polar surface area (TPSA) is 18.5 Å². The molecular weight excluding hydrogens is 384 g/mol. The largest absolute Gasteiger partial charge is 0.413 e. The zero-order valence-corrected chi connectivity index (χ0v) is 22.8. The van der Waals surface area contributed by atoms with Crippen molar-refractivity contribution in [2.24, 2.45) is 28.1 Å². The van der Waals surface area contributed by atoms with Crippen LogP contribution >= 0.6 is 0 Å². The van der Waals surface area contributed by atoms with Crippen LogP contribution in [-0.2, 0) is 9.16 Å². The first-order valence-corrected chi connectivity index (χ1v) is 14.8. The third-order valence-electron chi connectivity index (χ3n) is 10.3. The molecule has 3 rings (SSSR count). The van der Waals surface area contributed by atoms with E-state index < -0.39 is 8.32 Å². The quantitative estimate of drug-likeness (QED) is 0.311. The van der Waals surface area contributed by atoms with E-state index in [4.69, 9.17) is 9.16 Å². The Morgan fingerprint density at radius 1 is 0.800 bits per heavy atom. The zero-order chi connectivity index (χ0) is 22.7. The van der Waals surface area contributed by atoms with E-state index in [9.17, 15) is 0 Å². The number of hydrogen-bond acceptors (Lipinski definition) is 2. The Morgan fingerprint density at radius 3 is 1.83 bits per heavy atom. The number of allylic oxidation sites excluding steroid dienone is 1. The fourth-order valence-corrected chi connectivity index (χ4v) is 14.6. The average molecular weight is 435 g/mol. The molecule has 0 heterocycles. The van der Waals surface area contributed by atoms with Gasteiger partial charge in [-0.05, 0) is 65.0 Å². The summed E-state index contributed by atoms with van der Waals surface area (Å²) in [6.45, 7) is 24.7. The molecule has 2 saturated carbocycles. The van der Waals surface area contributed by atoms with Gasteiger partial charge in [-0.2, -0.15) is 0 Å². The maximum Gasteiger partial charge on any atom is 0.200 e. The molecule has 2 fully saturated rings. The Balaban J connectivity index is 1.93. The van der Waals surface area contributed by atoms with Crippen LogP contribution in [0, 0.1) is 28.1 Å². The van der Waals surface area contributed by atoms with Crippen molar-refractivity contribution in [2.75, 3.05) is 7.11 Å². The van der Waals surface area contributed by atoms with Gasteiger partial charge in [0.05, 0.1) is 12.2 Å². The lowest BCUT2D eigenvalue weighted by Crippen LogP contribution is -2.62. The van der Waals surface area contributed by atoms with Crippen LogP contribution in [0.5, 0.6) is 0 Å². The van der Waals surface area contributed by atoms with E-state index in [-0.39, 0.29) is 16.9 Å². The van der Waals surface area contributed by atoms with Crippen LogP contribution in [0.2, 0.25) is 16.6 Å². The normalized spacial score (nSPS) is 40.9. The molecule has 2 nitrogen and oxygen atoms in total. The molecule has 0 unspecified atom stereocenters. The molecule has 3 heteroatoms. The highest BCUT2D eigenvalue weighted by Crippen LogP contribution is 2.67. The van der Waals surface area contributed by atoms with E-state index in [1.165, 1.54) is 25.7 Å².